The van der Waals surface area contributed by atoms with Crippen LogP contribution in [0.4, 0.5) is 0 Å². The Balaban J connectivity index is 2.00. The first-order valence-electron chi connectivity index (χ1n) is 7.42. The summed E-state index contributed by atoms with van der Waals surface area (Å²) >= 11 is 0. The molecule has 1 saturated carbocycles. The maximum atomic E-state index is 12.1. The summed E-state index contributed by atoms with van der Waals surface area (Å²) in [6, 6.07) is -1.18. The van der Waals surface area contributed by atoms with E-state index < -0.39 is 36.1 Å². The van der Waals surface area contributed by atoms with Gasteiger partial charge in [0.25, 0.3) is 0 Å². The van der Waals surface area contributed by atoms with Crippen LogP contribution in [0.25, 0.3) is 0 Å². The third kappa shape index (κ3) is 3.97. The number of nitrogens with zero attached hydrogens (tertiary/aromatic N) is 4. The zero-order valence-corrected chi connectivity index (χ0v) is 13.4. The SMILES string of the molecule is COC(=O)C[C@H](NC(=O)Cn1nnn(C2CCC2)c1=O)C(=O)OC. The van der Waals surface area contributed by atoms with Crippen molar-refractivity contribution < 1.29 is 23.9 Å². The van der Waals surface area contributed by atoms with Crippen LogP contribution in [0.5, 0.6) is 0 Å². The second-order valence-electron chi connectivity index (χ2n) is 5.37. The fourth-order valence-corrected chi connectivity index (χ4v) is 2.21. The molecule has 0 aliphatic heterocycles. The molecule has 0 bridgehead atoms. The maximum absolute atomic E-state index is 12.1. The van der Waals surface area contributed by atoms with Gasteiger partial charge in [-0.25, -0.2) is 9.59 Å². The van der Waals surface area contributed by atoms with E-state index in [1.54, 1.807) is 0 Å². The van der Waals surface area contributed by atoms with E-state index in [4.69, 9.17) is 0 Å². The molecular formula is C13H19N5O6. The fourth-order valence-electron chi connectivity index (χ4n) is 2.21. The Kier molecular flexibility index (Phi) is 5.66. The summed E-state index contributed by atoms with van der Waals surface area (Å²) in [5, 5.41) is 9.73. The summed E-state index contributed by atoms with van der Waals surface area (Å²) in [5.41, 5.74) is -0.488. The van der Waals surface area contributed by atoms with Gasteiger partial charge in [0.1, 0.15) is 12.6 Å². The van der Waals surface area contributed by atoms with Crippen molar-refractivity contribution in [3.05, 3.63) is 10.5 Å². The summed E-state index contributed by atoms with van der Waals surface area (Å²) < 4.78 is 11.1. The predicted molar refractivity (Wildman–Crippen MR) is 77.7 cm³/mol. The van der Waals surface area contributed by atoms with Crippen molar-refractivity contribution in [3.63, 3.8) is 0 Å². The van der Waals surface area contributed by atoms with Gasteiger partial charge in [-0.2, -0.15) is 9.36 Å². The lowest BCUT2D eigenvalue weighted by Crippen LogP contribution is -2.45. The Morgan fingerprint density at radius 2 is 1.96 bits per heavy atom. The number of carbonyl (C=O) groups is 3. The molecule has 11 heteroatoms. The lowest BCUT2D eigenvalue weighted by Gasteiger charge is -2.23. The van der Waals surface area contributed by atoms with Crippen molar-refractivity contribution in [1.82, 2.24) is 25.1 Å². The van der Waals surface area contributed by atoms with Gasteiger partial charge in [-0.1, -0.05) is 0 Å². The van der Waals surface area contributed by atoms with E-state index in [1.165, 1.54) is 4.68 Å². The highest BCUT2D eigenvalue weighted by Crippen LogP contribution is 2.28. The van der Waals surface area contributed by atoms with E-state index in [2.05, 4.69) is 25.2 Å². The van der Waals surface area contributed by atoms with Gasteiger partial charge in [0.15, 0.2) is 0 Å². The van der Waals surface area contributed by atoms with Crippen LogP contribution in [0, 0.1) is 0 Å². The molecule has 0 aromatic carbocycles. The first-order chi connectivity index (χ1) is 11.5. The molecule has 1 N–H and O–H groups in total. The molecular weight excluding hydrogens is 322 g/mol. The second-order valence-corrected chi connectivity index (χ2v) is 5.37. The number of ether oxygens (including phenoxy) is 2. The number of aromatic nitrogens is 4. The van der Waals surface area contributed by atoms with Gasteiger partial charge in [0, 0.05) is 0 Å². The van der Waals surface area contributed by atoms with Crippen molar-refractivity contribution in [3.8, 4) is 0 Å². The van der Waals surface area contributed by atoms with Crippen LogP contribution >= 0.6 is 0 Å². The molecule has 0 radical (unpaired) electrons. The molecule has 2 rings (SSSR count). The number of carbonyl (C=O) groups excluding carboxylic acids is 3. The molecule has 24 heavy (non-hydrogen) atoms. The minimum Gasteiger partial charge on any atom is -0.469 e. The predicted octanol–water partition coefficient (Wildman–Crippen LogP) is -1.61. The third-order valence-electron chi connectivity index (χ3n) is 3.79. The largest absolute Gasteiger partial charge is 0.469 e. The average Bonchev–Trinajstić information content (AvgIpc) is 2.85. The minimum absolute atomic E-state index is 0.0245. The zero-order valence-electron chi connectivity index (χ0n) is 13.4. The Bertz CT molecular complexity index is 677. The highest BCUT2D eigenvalue weighted by Gasteiger charge is 2.27. The van der Waals surface area contributed by atoms with Gasteiger partial charge in [-0.15, -0.1) is 0 Å². The molecule has 1 aliphatic rings. The van der Waals surface area contributed by atoms with Crippen molar-refractivity contribution in [1.29, 1.82) is 0 Å². The van der Waals surface area contributed by atoms with E-state index in [1.807, 2.05) is 0 Å². The summed E-state index contributed by atoms with van der Waals surface area (Å²) in [6.07, 6.45) is 2.36. The first kappa shape index (κ1) is 17.6. The van der Waals surface area contributed by atoms with E-state index in [9.17, 15) is 19.2 Å². The maximum Gasteiger partial charge on any atom is 0.364 e. The molecule has 1 aromatic heterocycles. The van der Waals surface area contributed by atoms with Crippen LogP contribution < -0.4 is 11.0 Å². The van der Waals surface area contributed by atoms with Gasteiger partial charge in [-0.3, -0.25) is 9.59 Å². The van der Waals surface area contributed by atoms with E-state index in [0.717, 1.165) is 38.2 Å². The summed E-state index contributed by atoms with van der Waals surface area (Å²) in [6.45, 7) is -0.416. The van der Waals surface area contributed by atoms with Crippen LogP contribution in [0.3, 0.4) is 0 Å². The van der Waals surface area contributed by atoms with Crippen LogP contribution in [0.15, 0.2) is 4.79 Å². The van der Waals surface area contributed by atoms with Crippen LogP contribution in [0.2, 0.25) is 0 Å². The summed E-state index contributed by atoms with van der Waals surface area (Å²) in [4.78, 5) is 47.0. The lowest BCUT2D eigenvalue weighted by molar-refractivity contribution is -0.150. The number of hydrogen-bond donors (Lipinski definition) is 1. The lowest BCUT2D eigenvalue weighted by atomic mass is 9.93. The van der Waals surface area contributed by atoms with E-state index in [0.29, 0.717) is 0 Å². The van der Waals surface area contributed by atoms with Gasteiger partial charge in [-0.05, 0) is 29.7 Å². The molecule has 1 amide bonds. The Hall–Kier alpha value is -2.72. The molecule has 1 aromatic rings. The molecule has 0 saturated heterocycles. The Labute approximate surface area is 136 Å². The summed E-state index contributed by atoms with van der Waals surface area (Å²) in [7, 11) is 2.30. The number of nitrogens with one attached hydrogen (secondary N) is 1. The standard InChI is InChI=1S/C13H19N5O6/c1-23-11(20)6-9(12(21)24-2)14-10(19)7-17-13(22)18(16-15-17)8-4-3-5-8/h8-9H,3-7H2,1-2H3,(H,14,19)/t9-/m0/s1. The van der Waals surface area contributed by atoms with Gasteiger partial charge < -0.3 is 14.8 Å². The number of amides is 1. The number of rotatable bonds is 7. The topological polar surface area (TPSA) is 134 Å². The number of methoxy groups -OCH3 is 2. The van der Waals surface area contributed by atoms with E-state index in [-0.39, 0.29) is 12.5 Å². The minimum atomic E-state index is -1.20. The molecule has 11 nitrogen and oxygen atoms in total. The third-order valence-corrected chi connectivity index (χ3v) is 3.79. The highest BCUT2D eigenvalue weighted by molar-refractivity contribution is 5.87. The molecule has 1 heterocycles. The zero-order chi connectivity index (χ0) is 17.7. The molecule has 0 unspecified atom stereocenters. The molecule has 1 atom stereocenters. The Morgan fingerprint density at radius 3 is 2.50 bits per heavy atom. The number of hydrogen-bond acceptors (Lipinski definition) is 8. The molecule has 132 valence electrons. The van der Waals surface area contributed by atoms with Crippen molar-refractivity contribution >= 4 is 17.8 Å². The molecule has 1 aliphatic carbocycles. The molecule has 1 fully saturated rings. The number of esters is 2. The van der Waals surface area contributed by atoms with Crippen molar-refractivity contribution in [2.45, 2.75) is 44.3 Å². The number of tetrazole rings is 1. The second kappa shape index (κ2) is 7.70. The van der Waals surface area contributed by atoms with Crippen molar-refractivity contribution in [2.75, 3.05) is 14.2 Å². The smallest absolute Gasteiger partial charge is 0.364 e. The van der Waals surface area contributed by atoms with Crippen LogP contribution in [-0.4, -0.2) is 57.9 Å². The van der Waals surface area contributed by atoms with E-state index >= 15 is 0 Å². The monoisotopic (exact) mass is 341 g/mol. The van der Waals surface area contributed by atoms with Gasteiger partial charge in [0.05, 0.1) is 26.7 Å². The quantitative estimate of drug-likeness (QED) is 0.585. The Morgan fingerprint density at radius 1 is 1.25 bits per heavy atom. The van der Waals surface area contributed by atoms with Crippen LogP contribution in [0.1, 0.15) is 31.7 Å². The molecule has 0 spiro atoms. The highest BCUT2D eigenvalue weighted by atomic mass is 16.5. The summed E-state index contributed by atoms with van der Waals surface area (Å²) in [5.74, 6) is -2.14. The van der Waals surface area contributed by atoms with Gasteiger partial charge in [0.2, 0.25) is 5.91 Å². The fraction of sp³-hybridized carbons (Fsp3) is 0.692. The normalized spacial score (nSPS) is 15.2. The van der Waals surface area contributed by atoms with Crippen molar-refractivity contribution in [2.24, 2.45) is 0 Å². The average molecular weight is 341 g/mol. The van der Waals surface area contributed by atoms with Gasteiger partial charge >= 0.3 is 17.6 Å². The van der Waals surface area contributed by atoms with Crippen LogP contribution in [-0.2, 0) is 30.4 Å². The first-order valence-corrected chi connectivity index (χ1v) is 7.42.